The number of aromatic nitrogens is 2. The number of rotatable bonds is 5. The van der Waals surface area contributed by atoms with E-state index in [2.05, 4.69) is 32.4 Å². The summed E-state index contributed by atoms with van der Waals surface area (Å²) in [7, 11) is -4.02. The number of fused-ring (bicyclic) bond motifs is 1. The summed E-state index contributed by atoms with van der Waals surface area (Å²) in [4.78, 5) is 23.9. The monoisotopic (exact) mass is 641 g/mol. The lowest BCUT2D eigenvalue weighted by Gasteiger charge is -2.27. The maximum atomic E-state index is 13.6. The number of ether oxygens (including phenoxy) is 2. The van der Waals surface area contributed by atoms with Gasteiger partial charge in [0.25, 0.3) is 0 Å². The summed E-state index contributed by atoms with van der Waals surface area (Å²) >= 11 is 7.78. The number of halogens is 2. The van der Waals surface area contributed by atoms with Gasteiger partial charge in [0.05, 0.1) is 44.3 Å². The van der Waals surface area contributed by atoms with Gasteiger partial charge in [0.15, 0.2) is 0 Å². The van der Waals surface area contributed by atoms with Crippen LogP contribution in [0.1, 0.15) is 11.3 Å². The van der Waals surface area contributed by atoms with Gasteiger partial charge in [-0.25, -0.2) is 27.6 Å². The average Bonchev–Trinajstić information content (AvgIpc) is 3.63. The molecular weight excluding hydrogens is 617 g/mol. The van der Waals surface area contributed by atoms with Crippen molar-refractivity contribution in [1.29, 1.82) is 0 Å². The molecule has 4 heterocycles. The topological polar surface area (TPSA) is 123 Å². The number of morpholine rings is 1. The summed E-state index contributed by atoms with van der Waals surface area (Å²) in [5.74, 6) is 6.24. The maximum absolute atomic E-state index is 13.6. The number of amides is 1. The zero-order valence-corrected chi connectivity index (χ0v) is 24.9. The molecule has 0 radical (unpaired) electrons. The van der Waals surface area contributed by atoms with Crippen molar-refractivity contribution >= 4 is 60.6 Å². The number of sulfone groups is 1. The number of carbonyl (C=O) groups excluding carboxylic acids is 1. The van der Waals surface area contributed by atoms with Crippen LogP contribution in [0.3, 0.4) is 0 Å². The third kappa shape index (κ3) is 6.58. The molecule has 1 amide bonds. The fraction of sp³-hybridized carbons (Fsp3) is 0.276. The Morgan fingerprint density at radius 2 is 2.02 bits per heavy atom. The Hall–Kier alpha value is -3.80. The Kier molecular flexibility index (Phi) is 8.47. The predicted molar refractivity (Wildman–Crippen MR) is 160 cm³/mol. The Morgan fingerprint density at radius 3 is 2.81 bits per heavy atom. The van der Waals surface area contributed by atoms with Gasteiger partial charge in [0.1, 0.15) is 28.9 Å². The Labute approximate surface area is 256 Å². The Bertz CT molecular complexity index is 1850. The first-order chi connectivity index (χ1) is 20.8. The highest BCUT2D eigenvalue weighted by molar-refractivity contribution is 7.91. The summed E-state index contributed by atoms with van der Waals surface area (Å²) in [5, 5.41) is 7.18. The van der Waals surface area contributed by atoms with Crippen LogP contribution >= 0.6 is 22.9 Å². The highest BCUT2D eigenvalue weighted by Crippen LogP contribution is 2.33. The molecule has 2 aromatic carbocycles. The molecule has 2 aromatic heterocycles. The van der Waals surface area contributed by atoms with Gasteiger partial charge in [0.2, 0.25) is 9.84 Å². The molecule has 0 aliphatic carbocycles. The summed E-state index contributed by atoms with van der Waals surface area (Å²) in [6.07, 6.45) is 1.44. The first-order valence-electron chi connectivity index (χ1n) is 13.4. The lowest BCUT2D eigenvalue weighted by Crippen LogP contribution is -2.42. The summed E-state index contributed by atoms with van der Waals surface area (Å²) in [5.41, 5.74) is 0.509. The molecule has 2 aliphatic heterocycles. The molecule has 4 aromatic rings. The van der Waals surface area contributed by atoms with E-state index in [1.54, 1.807) is 11.0 Å². The lowest BCUT2D eigenvalue weighted by molar-refractivity contribution is 0.0156. The van der Waals surface area contributed by atoms with Crippen molar-refractivity contribution in [3.63, 3.8) is 0 Å². The Balaban J connectivity index is 1.13. The first-order valence-corrected chi connectivity index (χ1v) is 16.0. The van der Waals surface area contributed by atoms with E-state index in [1.165, 1.54) is 48.0 Å². The highest BCUT2D eigenvalue weighted by atomic mass is 35.5. The van der Waals surface area contributed by atoms with Crippen LogP contribution in [0.5, 0.6) is 0 Å². The zero-order valence-electron chi connectivity index (χ0n) is 22.5. The van der Waals surface area contributed by atoms with Crippen molar-refractivity contribution < 1.29 is 27.1 Å². The van der Waals surface area contributed by atoms with Gasteiger partial charge >= 0.3 is 6.09 Å². The van der Waals surface area contributed by atoms with Crippen molar-refractivity contribution in [3.8, 4) is 11.8 Å². The van der Waals surface area contributed by atoms with E-state index in [1.807, 2.05) is 6.07 Å². The van der Waals surface area contributed by atoms with E-state index >= 15 is 0 Å². The number of thiophene rings is 1. The molecule has 2 aliphatic rings. The van der Waals surface area contributed by atoms with Crippen LogP contribution in [0.4, 0.5) is 20.7 Å². The van der Waals surface area contributed by atoms with Crippen LogP contribution in [0.2, 0.25) is 5.02 Å². The third-order valence-corrected chi connectivity index (χ3v) is 10.1. The van der Waals surface area contributed by atoms with Crippen LogP contribution in [-0.2, 0) is 19.3 Å². The van der Waals surface area contributed by atoms with Crippen LogP contribution in [0.25, 0.3) is 10.2 Å². The molecule has 2 atom stereocenters. The van der Waals surface area contributed by atoms with E-state index in [4.69, 9.17) is 21.1 Å². The van der Waals surface area contributed by atoms with E-state index in [0.29, 0.717) is 50.8 Å². The average molecular weight is 642 g/mol. The Morgan fingerprint density at radius 1 is 1.19 bits per heavy atom. The zero-order chi connectivity index (χ0) is 30.0. The second-order valence-electron chi connectivity index (χ2n) is 9.85. The van der Waals surface area contributed by atoms with Crippen molar-refractivity contribution in [2.75, 3.05) is 38.2 Å². The molecule has 14 heteroatoms. The number of nitrogens with zero attached hydrogens (tertiary/aromatic N) is 3. The van der Waals surface area contributed by atoms with E-state index in [-0.39, 0.29) is 33.1 Å². The molecule has 222 valence electrons. The first kappa shape index (κ1) is 29.3. The van der Waals surface area contributed by atoms with Crippen molar-refractivity contribution in [2.24, 2.45) is 0 Å². The fourth-order valence-electron chi connectivity index (χ4n) is 4.74. The summed E-state index contributed by atoms with van der Waals surface area (Å²) in [6.45, 7) is 2.64. The van der Waals surface area contributed by atoms with E-state index in [0.717, 1.165) is 21.2 Å². The fourth-order valence-corrected chi connectivity index (χ4v) is 7.42. The SMILES string of the molecule is O=C(OC1CNC(C#Cc2cc3c(Nc4ccc(S(=O)(=O)c5cccc(F)c5)c(Cl)c4)ncnc3s2)C1)N1CCOCC1. The number of carbonyl (C=O) groups is 1. The van der Waals surface area contributed by atoms with Crippen LogP contribution in [-0.4, -0.2) is 74.4 Å². The second kappa shape index (κ2) is 12.4. The van der Waals surface area contributed by atoms with Gasteiger partial charge in [-0.2, -0.15) is 0 Å². The standard InChI is InChI=1S/C29H25ClFN5O5S2/c30-25-14-20(5-7-26(25)43(38,39)23-3-1-2-18(31)12-23)35-27-24-15-22(42-28(24)34-17-33-27)6-4-19-13-21(16-32-19)41-29(37)36-8-10-40-11-9-36/h1-3,5,7,12,14-15,17,19,21,32H,8-11,13,16H2,(H,33,34,35). The number of anilines is 2. The molecule has 2 unspecified atom stereocenters. The van der Waals surface area contributed by atoms with Gasteiger partial charge < -0.3 is 19.7 Å². The molecular formula is C29H25ClFN5O5S2. The molecule has 0 spiro atoms. The van der Waals surface area contributed by atoms with Crippen molar-refractivity contribution in [1.82, 2.24) is 20.2 Å². The van der Waals surface area contributed by atoms with E-state index < -0.39 is 15.7 Å². The second-order valence-corrected chi connectivity index (χ2v) is 13.2. The van der Waals surface area contributed by atoms with Crippen LogP contribution < -0.4 is 10.6 Å². The summed E-state index contributed by atoms with van der Waals surface area (Å²) in [6, 6.07) is 10.9. The van der Waals surface area contributed by atoms with Gasteiger partial charge in [0, 0.05) is 31.7 Å². The normalized spacial score (nSPS) is 18.7. The summed E-state index contributed by atoms with van der Waals surface area (Å²) < 4.78 is 50.6. The van der Waals surface area contributed by atoms with Gasteiger partial charge in [-0.15, -0.1) is 11.3 Å². The van der Waals surface area contributed by atoms with Gasteiger partial charge in [-0.05, 0) is 42.5 Å². The number of benzene rings is 2. The minimum absolute atomic E-state index is 0.0190. The van der Waals surface area contributed by atoms with Crippen molar-refractivity contribution in [3.05, 3.63) is 70.6 Å². The molecule has 0 bridgehead atoms. The molecule has 10 nitrogen and oxygen atoms in total. The van der Waals surface area contributed by atoms with Crippen LogP contribution in [0.15, 0.2) is 64.6 Å². The molecule has 6 rings (SSSR count). The highest BCUT2D eigenvalue weighted by Gasteiger charge is 2.28. The largest absolute Gasteiger partial charge is 0.445 e. The number of nitrogens with one attached hydrogen (secondary N) is 2. The van der Waals surface area contributed by atoms with Gasteiger partial charge in [-0.3, -0.25) is 5.32 Å². The van der Waals surface area contributed by atoms with Gasteiger partial charge in [-0.1, -0.05) is 29.5 Å². The minimum atomic E-state index is -4.02. The smallest absolute Gasteiger partial charge is 0.410 e. The van der Waals surface area contributed by atoms with Crippen LogP contribution in [0, 0.1) is 17.7 Å². The van der Waals surface area contributed by atoms with E-state index in [9.17, 15) is 17.6 Å². The molecule has 2 saturated heterocycles. The minimum Gasteiger partial charge on any atom is -0.445 e. The van der Waals surface area contributed by atoms with Crippen molar-refractivity contribution in [2.45, 2.75) is 28.4 Å². The molecule has 2 fully saturated rings. The quantitative estimate of drug-likeness (QED) is 0.301. The molecule has 2 N–H and O–H groups in total. The number of hydrogen-bond donors (Lipinski definition) is 2. The molecule has 0 saturated carbocycles. The maximum Gasteiger partial charge on any atom is 0.410 e. The third-order valence-electron chi connectivity index (χ3n) is 6.92. The lowest BCUT2D eigenvalue weighted by atomic mass is 10.2. The number of hydrogen-bond acceptors (Lipinski definition) is 10. The predicted octanol–water partition coefficient (Wildman–Crippen LogP) is 4.61. The molecule has 43 heavy (non-hydrogen) atoms.